The summed E-state index contributed by atoms with van der Waals surface area (Å²) in [5.41, 5.74) is 0.476. The van der Waals surface area contributed by atoms with Gasteiger partial charge in [-0.25, -0.2) is 9.78 Å². The van der Waals surface area contributed by atoms with Crippen molar-refractivity contribution in [1.29, 1.82) is 0 Å². The van der Waals surface area contributed by atoms with Gasteiger partial charge in [-0.3, -0.25) is 18.8 Å². The summed E-state index contributed by atoms with van der Waals surface area (Å²) >= 11 is 0. The number of hydrogen-bond donors (Lipinski definition) is 0. The Morgan fingerprint density at radius 1 is 1.19 bits per heavy atom. The van der Waals surface area contributed by atoms with Gasteiger partial charge in [0.25, 0.3) is 5.56 Å². The topological polar surface area (TPSA) is 65.1 Å². The van der Waals surface area contributed by atoms with E-state index in [1.165, 1.54) is 29.0 Å². The van der Waals surface area contributed by atoms with Gasteiger partial charge < -0.3 is 4.57 Å². The Balaban J connectivity index is 2.10. The number of nitrogens with zero attached hydrogens (tertiary/aromatic N) is 5. The van der Waals surface area contributed by atoms with Crippen LogP contribution in [0, 0.1) is 11.8 Å². The lowest BCUT2D eigenvalue weighted by molar-refractivity contribution is 0.171. The van der Waals surface area contributed by atoms with E-state index in [-0.39, 0.29) is 11.2 Å². The summed E-state index contributed by atoms with van der Waals surface area (Å²) < 4.78 is 4.73. The zero-order valence-electron chi connectivity index (χ0n) is 16.7. The molecule has 1 aliphatic heterocycles. The molecule has 0 bridgehead atoms. The maximum Gasteiger partial charge on any atom is 0.332 e. The first kappa shape index (κ1) is 18.9. The van der Waals surface area contributed by atoms with Crippen LogP contribution < -0.4 is 11.2 Å². The van der Waals surface area contributed by atoms with Crippen molar-refractivity contribution in [3.05, 3.63) is 26.7 Å². The van der Waals surface area contributed by atoms with Gasteiger partial charge in [0.1, 0.15) is 5.82 Å². The monoisotopic (exact) mass is 361 g/mol. The minimum absolute atomic E-state index is 0.252. The van der Waals surface area contributed by atoms with Crippen molar-refractivity contribution < 1.29 is 0 Å². The molecular weight excluding hydrogens is 330 g/mol. The molecule has 2 aromatic rings. The van der Waals surface area contributed by atoms with Gasteiger partial charge in [-0.1, -0.05) is 20.8 Å². The van der Waals surface area contributed by atoms with Crippen molar-refractivity contribution in [1.82, 2.24) is 23.6 Å². The number of likely N-dealkylation sites (tertiary alicyclic amines) is 1. The molecule has 0 aliphatic carbocycles. The van der Waals surface area contributed by atoms with Crippen LogP contribution in [0.5, 0.6) is 0 Å². The molecule has 0 spiro atoms. The number of rotatable bonds is 5. The highest BCUT2D eigenvalue weighted by Crippen LogP contribution is 2.20. The Labute approximate surface area is 154 Å². The third-order valence-corrected chi connectivity index (χ3v) is 5.46. The van der Waals surface area contributed by atoms with Crippen molar-refractivity contribution in [3.63, 3.8) is 0 Å². The van der Waals surface area contributed by atoms with Crippen molar-refractivity contribution in [2.24, 2.45) is 25.9 Å². The maximum atomic E-state index is 12.8. The van der Waals surface area contributed by atoms with Crippen LogP contribution in [0.4, 0.5) is 0 Å². The first-order valence-corrected chi connectivity index (χ1v) is 9.67. The third-order valence-electron chi connectivity index (χ3n) is 5.46. The molecule has 1 fully saturated rings. The highest BCUT2D eigenvalue weighted by molar-refractivity contribution is 5.71. The molecular formula is C19H31N5O2. The van der Waals surface area contributed by atoms with Crippen LogP contribution in [0.25, 0.3) is 11.2 Å². The Kier molecular flexibility index (Phi) is 5.37. The van der Waals surface area contributed by atoms with Crippen LogP contribution >= 0.6 is 0 Å². The van der Waals surface area contributed by atoms with E-state index < -0.39 is 0 Å². The van der Waals surface area contributed by atoms with E-state index in [9.17, 15) is 9.59 Å². The molecule has 2 aromatic heterocycles. The van der Waals surface area contributed by atoms with Gasteiger partial charge >= 0.3 is 5.69 Å². The fourth-order valence-electron chi connectivity index (χ4n) is 3.87. The minimum atomic E-state index is -0.325. The molecule has 1 aliphatic rings. The molecule has 1 atom stereocenters. The average molecular weight is 361 g/mol. The number of imidazole rings is 1. The summed E-state index contributed by atoms with van der Waals surface area (Å²) in [5, 5.41) is 0. The van der Waals surface area contributed by atoms with Gasteiger partial charge in [0.2, 0.25) is 0 Å². The lowest BCUT2D eigenvalue weighted by atomic mass is 10.0. The Bertz CT molecular complexity index is 905. The van der Waals surface area contributed by atoms with E-state index in [0.29, 0.717) is 23.0 Å². The van der Waals surface area contributed by atoms with Crippen LogP contribution in [-0.4, -0.2) is 36.7 Å². The van der Waals surface area contributed by atoms with Gasteiger partial charge in [-0.2, -0.15) is 0 Å². The van der Waals surface area contributed by atoms with Crippen LogP contribution in [0.1, 0.15) is 45.9 Å². The highest BCUT2D eigenvalue weighted by Gasteiger charge is 2.23. The van der Waals surface area contributed by atoms with Crippen LogP contribution in [0.3, 0.4) is 0 Å². The van der Waals surface area contributed by atoms with Crippen LogP contribution in [0.15, 0.2) is 9.59 Å². The summed E-state index contributed by atoms with van der Waals surface area (Å²) in [5.74, 6) is 2.12. The maximum absolute atomic E-state index is 12.8. The van der Waals surface area contributed by atoms with Crippen LogP contribution in [0.2, 0.25) is 0 Å². The average Bonchev–Trinajstić information content (AvgIpc) is 2.94. The first-order chi connectivity index (χ1) is 12.3. The smallest absolute Gasteiger partial charge is 0.321 e. The summed E-state index contributed by atoms with van der Waals surface area (Å²) in [6.45, 7) is 10.2. The molecule has 0 aromatic carbocycles. The molecule has 0 N–H and O–H groups in total. The highest BCUT2D eigenvalue weighted by atomic mass is 16.2. The Hall–Kier alpha value is -1.89. The SMILES string of the molecule is CC(C)CCn1c(CN2CCC[C@@H](C)C2)nc2c1c(=O)n(C)c(=O)n2C. The molecule has 26 heavy (non-hydrogen) atoms. The molecule has 0 saturated carbocycles. The molecule has 7 nitrogen and oxygen atoms in total. The number of piperidine rings is 1. The van der Waals surface area contributed by atoms with Crippen molar-refractivity contribution >= 4 is 11.2 Å². The van der Waals surface area contributed by atoms with Gasteiger partial charge in [0.15, 0.2) is 11.2 Å². The zero-order chi connectivity index (χ0) is 19.0. The molecule has 7 heteroatoms. The van der Waals surface area contributed by atoms with E-state index in [1.807, 2.05) is 0 Å². The molecule has 0 amide bonds. The summed E-state index contributed by atoms with van der Waals surface area (Å²) in [6, 6.07) is 0. The number of hydrogen-bond acceptors (Lipinski definition) is 4. The third kappa shape index (κ3) is 3.49. The number of aromatic nitrogens is 4. The second-order valence-corrected chi connectivity index (χ2v) is 8.22. The van der Waals surface area contributed by atoms with Gasteiger partial charge in [-0.15, -0.1) is 0 Å². The molecule has 0 unspecified atom stereocenters. The van der Waals surface area contributed by atoms with Gasteiger partial charge in [-0.05, 0) is 37.6 Å². The predicted molar refractivity (Wildman–Crippen MR) is 103 cm³/mol. The Morgan fingerprint density at radius 3 is 2.58 bits per heavy atom. The fourth-order valence-corrected chi connectivity index (χ4v) is 3.87. The van der Waals surface area contributed by atoms with Gasteiger partial charge in [0.05, 0.1) is 6.54 Å². The second kappa shape index (κ2) is 7.39. The molecule has 144 valence electrons. The second-order valence-electron chi connectivity index (χ2n) is 8.22. The summed E-state index contributed by atoms with van der Waals surface area (Å²) in [6.07, 6.45) is 3.45. The van der Waals surface area contributed by atoms with Crippen molar-refractivity contribution in [2.75, 3.05) is 13.1 Å². The molecule has 3 rings (SSSR count). The van der Waals surface area contributed by atoms with Crippen LogP contribution in [-0.2, 0) is 27.2 Å². The van der Waals surface area contributed by atoms with E-state index in [0.717, 1.165) is 38.4 Å². The number of fused-ring (bicyclic) bond motifs is 1. The first-order valence-electron chi connectivity index (χ1n) is 9.67. The van der Waals surface area contributed by atoms with E-state index in [2.05, 4.69) is 30.2 Å². The molecule has 1 saturated heterocycles. The van der Waals surface area contributed by atoms with E-state index >= 15 is 0 Å². The van der Waals surface area contributed by atoms with E-state index in [1.54, 1.807) is 7.05 Å². The van der Waals surface area contributed by atoms with Crippen molar-refractivity contribution in [2.45, 2.75) is 53.1 Å². The lowest BCUT2D eigenvalue weighted by Gasteiger charge is -2.30. The van der Waals surface area contributed by atoms with E-state index in [4.69, 9.17) is 4.98 Å². The lowest BCUT2D eigenvalue weighted by Crippen LogP contribution is -2.37. The molecule has 3 heterocycles. The number of aryl methyl sites for hydroxylation is 2. The zero-order valence-corrected chi connectivity index (χ0v) is 16.7. The predicted octanol–water partition coefficient (Wildman–Crippen LogP) is 1.71. The largest absolute Gasteiger partial charge is 0.332 e. The summed E-state index contributed by atoms with van der Waals surface area (Å²) in [7, 11) is 3.23. The Morgan fingerprint density at radius 2 is 1.92 bits per heavy atom. The molecule has 0 radical (unpaired) electrons. The van der Waals surface area contributed by atoms with Gasteiger partial charge in [0, 0.05) is 27.2 Å². The minimum Gasteiger partial charge on any atom is -0.321 e. The summed E-state index contributed by atoms with van der Waals surface area (Å²) in [4.78, 5) is 32.3. The van der Waals surface area contributed by atoms with Crippen molar-refractivity contribution in [3.8, 4) is 0 Å². The standard InChI is InChI=1S/C19H31N5O2/c1-13(2)8-10-24-15(12-23-9-6-7-14(3)11-23)20-17-16(24)18(25)22(5)19(26)21(17)4/h13-14H,6-12H2,1-5H3/t14-/m1/s1. The quantitative estimate of drug-likeness (QED) is 0.813. The normalized spacial score (nSPS) is 18.9. The fraction of sp³-hybridized carbons (Fsp3) is 0.737.